The van der Waals surface area contributed by atoms with Crippen LogP contribution in [0, 0.1) is 11.8 Å². The highest BCUT2D eigenvalue weighted by Gasteiger charge is 2.21. The molecule has 1 unspecified atom stereocenters. The Balaban J connectivity index is 2.02. The number of likely N-dealkylation sites (tertiary alicyclic amines) is 1. The van der Waals surface area contributed by atoms with E-state index in [1.165, 1.54) is 6.42 Å². The molecule has 1 aliphatic rings. The Kier molecular flexibility index (Phi) is 5.10. The number of nitrogens with two attached hydrogens (primary N) is 1. The molecule has 0 radical (unpaired) electrons. The van der Waals surface area contributed by atoms with Gasteiger partial charge in [-0.05, 0) is 32.5 Å². The number of hydrogen-bond acceptors (Lipinski definition) is 4. The minimum atomic E-state index is -0.103. The van der Waals surface area contributed by atoms with Gasteiger partial charge >= 0.3 is 0 Å². The lowest BCUT2D eigenvalue weighted by Crippen LogP contribution is -2.38. The maximum absolute atomic E-state index is 12.2. The maximum atomic E-state index is 12.2. The smallest absolute Gasteiger partial charge is 0.252 e. The van der Waals surface area contributed by atoms with E-state index in [4.69, 9.17) is 5.73 Å². The van der Waals surface area contributed by atoms with E-state index in [1.54, 1.807) is 18.5 Å². The number of carbonyl (C=O) groups excluding carboxylic acids is 1. The first-order chi connectivity index (χ1) is 9.72. The summed E-state index contributed by atoms with van der Waals surface area (Å²) >= 11 is 0. The predicted octanol–water partition coefficient (Wildman–Crippen LogP) is 0.216. The first-order valence-corrected chi connectivity index (χ1v) is 6.83. The van der Waals surface area contributed by atoms with Gasteiger partial charge in [0, 0.05) is 25.0 Å². The summed E-state index contributed by atoms with van der Waals surface area (Å²) in [5.74, 6) is 5.53. The van der Waals surface area contributed by atoms with Crippen LogP contribution in [0.15, 0.2) is 18.5 Å². The quantitative estimate of drug-likeness (QED) is 0.772. The standard InChI is InChI=1S/C15H20N4O/c1-19-9-3-5-13(19)11-18-15(20)14-6-8-17-10-12(14)4-2-7-16/h6,8,10,13H,3,5,7,9,11,16H2,1H3,(H,18,20). The Hall–Kier alpha value is -1.90. The fraction of sp³-hybridized carbons (Fsp3) is 0.467. The van der Waals surface area contributed by atoms with Crippen LogP contribution in [0.25, 0.3) is 0 Å². The molecule has 1 aliphatic heterocycles. The number of pyridine rings is 1. The van der Waals surface area contributed by atoms with E-state index < -0.39 is 0 Å². The van der Waals surface area contributed by atoms with Crippen LogP contribution in [0.4, 0.5) is 0 Å². The lowest BCUT2D eigenvalue weighted by Gasteiger charge is -2.19. The molecule has 106 valence electrons. The number of aromatic nitrogens is 1. The van der Waals surface area contributed by atoms with Gasteiger partial charge in [-0.25, -0.2) is 0 Å². The van der Waals surface area contributed by atoms with Gasteiger partial charge < -0.3 is 16.0 Å². The first-order valence-electron chi connectivity index (χ1n) is 6.83. The summed E-state index contributed by atoms with van der Waals surface area (Å²) < 4.78 is 0. The normalized spacial score (nSPS) is 18.4. The summed E-state index contributed by atoms with van der Waals surface area (Å²) in [6.07, 6.45) is 5.52. The van der Waals surface area contributed by atoms with Crippen LogP contribution in [0.3, 0.4) is 0 Å². The molecule has 1 aromatic rings. The molecule has 0 saturated carbocycles. The van der Waals surface area contributed by atoms with Crippen LogP contribution >= 0.6 is 0 Å². The highest BCUT2D eigenvalue weighted by Crippen LogP contribution is 2.14. The number of rotatable bonds is 3. The van der Waals surface area contributed by atoms with Crippen LogP contribution in [0.1, 0.15) is 28.8 Å². The molecule has 0 aromatic carbocycles. The molecule has 0 aliphatic carbocycles. The zero-order valence-corrected chi connectivity index (χ0v) is 11.7. The number of nitrogens with one attached hydrogen (secondary N) is 1. The maximum Gasteiger partial charge on any atom is 0.252 e. The average molecular weight is 272 g/mol. The number of amides is 1. The average Bonchev–Trinajstić information content (AvgIpc) is 2.88. The van der Waals surface area contributed by atoms with Crippen molar-refractivity contribution in [3.05, 3.63) is 29.6 Å². The Bertz CT molecular complexity index is 532. The van der Waals surface area contributed by atoms with E-state index >= 15 is 0 Å². The van der Waals surface area contributed by atoms with Crippen molar-refractivity contribution in [1.29, 1.82) is 0 Å². The summed E-state index contributed by atoms with van der Waals surface area (Å²) in [5.41, 5.74) is 6.54. The van der Waals surface area contributed by atoms with Gasteiger partial charge in [0.25, 0.3) is 5.91 Å². The van der Waals surface area contributed by atoms with E-state index in [-0.39, 0.29) is 12.5 Å². The minimum absolute atomic E-state index is 0.103. The third-order valence-corrected chi connectivity index (χ3v) is 3.56. The molecule has 5 nitrogen and oxygen atoms in total. The van der Waals surface area contributed by atoms with Crippen molar-refractivity contribution >= 4 is 5.91 Å². The van der Waals surface area contributed by atoms with E-state index in [0.717, 1.165) is 13.0 Å². The fourth-order valence-electron chi connectivity index (χ4n) is 2.38. The summed E-state index contributed by atoms with van der Waals surface area (Å²) in [7, 11) is 2.09. The molecule has 1 aromatic heterocycles. The Labute approximate surface area is 119 Å². The summed E-state index contributed by atoms with van der Waals surface area (Å²) in [4.78, 5) is 18.5. The number of carbonyl (C=O) groups is 1. The highest BCUT2D eigenvalue weighted by atomic mass is 16.1. The second kappa shape index (κ2) is 7.04. The Morgan fingerprint density at radius 2 is 2.50 bits per heavy atom. The molecular formula is C15H20N4O. The molecule has 2 rings (SSSR count). The SMILES string of the molecule is CN1CCCC1CNC(=O)c1ccncc1C#CCN. The number of likely N-dealkylation sites (N-methyl/N-ethyl adjacent to an activating group) is 1. The van der Waals surface area contributed by atoms with E-state index in [9.17, 15) is 4.79 Å². The Morgan fingerprint density at radius 3 is 3.20 bits per heavy atom. The van der Waals surface area contributed by atoms with Crippen molar-refractivity contribution in [1.82, 2.24) is 15.2 Å². The molecule has 20 heavy (non-hydrogen) atoms. The summed E-state index contributed by atoms with van der Waals surface area (Å²) in [5, 5.41) is 2.98. The molecule has 1 atom stereocenters. The third-order valence-electron chi connectivity index (χ3n) is 3.56. The van der Waals surface area contributed by atoms with Gasteiger partial charge in [0.2, 0.25) is 0 Å². The fourth-order valence-corrected chi connectivity index (χ4v) is 2.38. The molecule has 0 bridgehead atoms. The van der Waals surface area contributed by atoms with Crippen LogP contribution in [0.5, 0.6) is 0 Å². The molecule has 1 saturated heterocycles. The highest BCUT2D eigenvalue weighted by molar-refractivity contribution is 5.96. The lowest BCUT2D eigenvalue weighted by atomic mass is 10.1. The number of hydrogen-bond donors (Lipinski definition) is 2. The molecule has 2 heterocycles. The molecule has 1 amide bonds. The number of nitrogens with zero attached hydrogens (tertiary/aromatic N) is 2. The minimum Gasteiger partial charge on any atom is -0.350 e. The molecule has 5 heteroatoms. The second-order valence-corrected chi connectivity index (χ2v) is 4.91. The van der Waals surface area contributed by atoms with Gasteiger partial charge in [0.1, 0.15) is 0 Å². The van der Waals surface area contributed by atoms with E-state index in [2.05, 4.69) is 34.1 Å². The van der Waals surface area contributed by atoms with Crippen molar-refractivity contribution in [3.63, 3.8) is 0 Å². The zero-order chi connectivity index (χ0) is 14.4. The lowest BCUT2D eigenvalue weighted by molar-refractivity contribution is 0.0943. The van der Waals surface area contributed by atoms with Gasteiger partial charge in [-0.15, -0.1) is 0 Å². The first kappa shape index (κ1) is 14.5. The second-order valence-electron chi connectivity index (χ2n) is 4.91. The van der Waals surface area contributed by atoms with Gasteiger partial charge in [0.15, 0.2) is 0 Å². The van der Waals surface area contributed by atoms with Gasteiger partial charge in [-0.3, -0.25) is 9.78 Å². The van der Waals surface area contributed by atoms with Crippen LogP contribution in [-0.2, 0) is 0 Å². The van der Waals surface area contributed by atoms with Gasteiger partial charge in [-0.1, -0.05) is 11.8 Å². The molecule has 0 spiro atoms. The summed E-state index contributed by atoms with van der Waals surface area (Å²) in [6, 6.07) is 2.12. The van der Waals surface area contributed by atoms with Crippen molar-refractivity contribution in [2.24, 2.45) is 5.73 Å². The topological polar surface area (TPSA) is 71.2 Å². The van der Waals surface area contributed by atoms with Crippen LogP contribution in [-0.4, -0.2) is 48.5 Å². The van der Waals surface area contributed by atoms with E-state index in [0.29, 0.717) is 23.7 Å². The predicted molar refractivity (Wildman–Crippen MR) is 78.2 cm³/mol. The van der Waals surface area contributed by atoms with Crippen molar-refractivity contribution in [3.8, 4) is 11.8 Å². The van der Waals surface area contributed by atoms with Crippen LogP contribution < -0.4 is 11.1 Å². The van der Waals surface area contributed by atoms with Gasteiger partial charge in [-0.2, -0.15) is 0 Å². The molecular weight excluding hydrogens is 252 g/mol. The zero-order valence-electron chi connectivity index (χ0n) is 11.7. The Morgan fingerprint density at radius 1 is 1.65 bits per heavy atom. The third kappa shape index (κ3) is 3.56. The van der Waals surface area contributed by atoms with E-state index in [1.807, 2.05) is 0 Å². The van der Waals surface area contributed by atoms with Crippen molar-refractivity contribution < 1.29 is 4.79 Å². The molecule has 1 fully saturated rings. The van der Waals surface area contributed by atoms with Crippen molar-refractivity contribution in [2.45, 2.75) is 18.9 Å². The largest absolute Gasteiger partial charge is 0.350 e. The van der Waals surface area contributed by atoms with Gasteiger partial charge in [0.05, 0.1) is 17.7 Å². The van der Waals surface area contributed by atoms with Crippen LogP contribution in [0.2, 0.25) is 0 Å². The summed E-state index contributed by atoms with van der Waals surface area (Å²) in [6.45, 7) is 2.03. The monoisotopic (exact) mass is 272 g/mol. The van der Waals surface area contributed by atoms with Crippen molar-refractivity contribution in [2.75, 3.05) is 26.7 Å². The molecule has 3 N–H and O–H groups in total.